The molecule has 0 nitrogen and oxygen atoms in total. The summed E-state index contributed by atoms with van der Waals surface area (Å²) in [6.07, 6.45) is 6.35. The van der Waals surface area contributed by atoms with Gasteiger partial charge in [0.15, 0.2) is 0 Å². The first-order chi connectivity index (χ1) is 6.72. The fourth-order valence-corrected chi connectivity index (χ4v) is 3.23. The normalized spacial score (nSPS) is 33.7. The molecule has 2 unspecified atom stereocenters. The quantitative estimate of drug-likeness (QED) is 0.542. The monoisotopic (exact) mass is 204 g/mol. The van der Waals surface area contributed by atoms with E-state index in [9.17, 15) is 0 Å². The fraction of sp³-hybridized carbons (Fsp3) is 0.733. The van der Waals surface area contributed by atoms with Crippen molar-refractivity contribution in [2.75, 3.05) is 0 Å². The Kier molecular flexibility index (Phi) is 2.19. The summed E-state index contributed by atoms with van der Waals surface area (Å²) in [5.74, 6) is 1.56. The first-order valence-electron chi connectivity index (χ1n) is 6.16. The van der Waals surface area contributed by atoms with Crippen molar-refractivity contribution in [1.82, 2.24) is 0 Å². The lowest BCUT2D eigenvalue weighted by atomic mass is 9.83. The average Bonchev–Trinajstić information content (AvgIpc) is 2.51. The van der Waals surface area contributed by atoms with E-state index in [1.807, 2.05) is 0 Å². The van der Waals surface area contributed by atoms with Crippen molar-refractivity contribution in [3.8, 4) is 0 Å². The van der Waals surface area contributed by atoms with Crippen LogP contribution in [0, 0.1) is 22.7 Å². The molecule has 0 amide bonds. The highest BCUT2D eigenvalue weighted by Crippen LogP contribution is 2.54. The molecule has 0 radical (unpaired) electrons. The molecule has 0 N–H and O–H groups in total. The lowest BCUT2D eigenvalue weighted by molar-refractivity contribution is 0.409. The molecule has 0 bridgehead atoms. The van der Waals surface area contributed by atoms with Crippen molar-refractivity contribution in [2.24, 2.45) is 22.7 Å². The summed E-state index contributed by atoms with van der Waals surface area (Å²) in [7, 11) is 0. The Balaban J connectivity index is 2.37. The van der Waals surface area contributed by atoms with Crippen LogP contribution in [-0.2, 0) is 0 Å². The van der Waals surface area contributed by atoms with Gasteiger partial charge in [0.2, 0.25) is 0 Å². The lowest BCUT2D eigenvalue weighted by Gasteiger charge is -2.22. The second-order valence-corrected chi connectivity index (χ2v) is 7.06. The van der Waals surface area contributed by atoms with Crippen LogP contribution in [0.1, 0.15) is 48.0 Å². The summed E-state index contributed by atoms with van der Waals surface area (Å²) in [6.45, 7) is 14.1. The zero-order chi connectivity index (χ0) is 11.4. The third-order valence-electron chi connectivity index (χ3n) is 4.12. The van der Waals surface area contributed by atoms with Crippen LogP contribution in [0.5, 0.6) is 0 Å². The molecular formula is C15H24. The Morgan fingerprint density at radius 2 is 1.87 bits per heavy atom. The van der Waals surface area contributed by atoms with Crippen LogP contribution in [0.2, 0.25) is 0 Å². The molecule has 84 valence electrons. The average molecular weight is 204 g/mol. The Morgan fingerprint density at radius 1 is 1.27 bits per heavy atom. The number of allylic oxidation sites excluding steroid dienone is 4. The van der Waals surface area contributed by atoms with Gasteiger partial charge >= 0.3 is 0 Å². The summed E-state index contributed by atoms with van der Waals surface area (Å²) in [4.78, 5) is 0. The Bertz CT molecular complexity index is 334. The van der Waals surface area contributed by atoms with Crippen LogP contribution < -0.4 is 0 Å². The van der Waals surface area contributed by atoms with E-state index < -0.39 is 0 Å². The zero-order valence-corrected chi connectivity index (χ0v) is 11.0. The topological polar surface area (TPSA) is 0 Å². The van der Waals surface area contributed by atoms with Crippen LogP contribution in [0.25, 0.3) is 0 Å². The van der Waals surface area contributed by atoms with Gasteiger partial charge in [-0.1, -0.05) is 59.3 Å². The van der Waals surface area contributed by atoms with Crippen LogP contribution in [0.3, 0.4) is 0 Å². The minimum Gasteiger partial charge on any atom is -0.0733 e. The number of rotatable bonds is 0. The Morgan fingerprint density at radius 3 is 2.33 bits per heavy atom. The van der Waals surface area contributed by atoms with Crippen molar-refractivity contribution in [3.05, 3.63) is 23.3 Å². The molecule has 2 atom stereocenters. The van der Waals surface area contributed by atoms with E-state index >= 15 is 0 Å². The van der Waals surface area contributed by atoms with Crippen LogP contribution >= 0.6 is 0 Å². The third kappa shape index (κ3) is 1.68. The van der Waals surface area contributed by atoms with Gasteiger partial charge in [0.05, 0.1) is 0 Å². The minimum atomic E-state index is 0.313. The van der Waals surface area contributed by atoms with Gasteiger partial charge in [-0.25, -0.2) is 0 Å². The van der Waals surface area contributed by atoms with Crippen molar-refractivity contribution < 1.29 is 0 Å². The third-order valence-corrected chi connectivity index (χ3v) is 4.12. The lowest BCUT2D eigenvalue weighted by Crippen LogP contribution is -2.10. The molecule has 2 aliphatic rings. The molecule has 0 spiro atoms. The van der Waals surface area contributed by atoms with E-state index in [-0.39, 0.29) is 0 Å². The van der Waals surface area contributed by atoms with Gasteiger partial charge in [-0.05, 0) is 28.7 Å². The minimum absolute atomic E-state index is 0.313. The number of fused-ring (bicyclic) bond motifs is 1. The van der Waals surface area contributed by atoms with Gasteiger partial charge in [-0.2, -0.15) is 0 Å². The van der Waals surface area contributed by atoms with Gasteiger partial charge in [-0.3, -0.25) is 0 Å². The standard InChI is InChI=1S/C15H24/c1-10-9-15(5,6)13-8-11(7-12(10)13)14(2,3)4/h7-8,10,12H,9H2,1-6H3. The molecule has 0 heteroatoms. The van der Waals surface area contributed by atoms with Gasteiger partial charge in [0, 0.05) is 5.92 Å². The first-order valence-corrected chi connectivity index (χ1v) is 6.16. The predicted octanol–water partition coefficient (Wildman–Crippen LogP) is 4.58. The maximum Gasteiger partial charge on any atom is 0.00173 e. The highest BCUT2D eigenvalue weighted by Gasteiger charge is 2.43. The highest BCUT2D eigenvalue weighted by atomic mass is 14.5. The molecule has 1 saturated carbocycles. The molecule has 0 aromatic carbocycles. The highest BCUT2D eigenvalue weighted by molar-refractivity contribution is 5.44. The van der Waals surface area contributed by atoms with E-state index in [1.54, 1.807) is 11.1 Å². The summed E-state index contributed by atoms with van der Waals surface area (Å²) in [6, 6.07) is 0. The SMILES string of the molecule is CC1CC(C)(C)C2=CC(C(C)(C)C)=CC21. The molecule has 0 saturated heterocycles. The molecule has 1 fully saturated rings. The molecule has 0 aliphatic heterocycles. The summed E-state index contributed by atoms with van der Waals surface area (Å²) in [5, 5.41) is 0. The predicted molar refractivity (Wildman–Crippen MR) is 66.7 cm³/mol. The summed E-state index contributed by atoms with van der Waals surface area (Å²) < 4.78 is 0. The largest absolute Gasteiger partial charge is 0.0733 e. The maximum atomic E-state index is 2.52. The fourth-order valence-electron chi connectivity index (χ4n) is 3.23. The van der Waals surface area contributed by atoms with Crippen molar-refractivity contribution >= 4 is 0 Å². The smallest absolute Gasteiger partial charge is 0.00173 e. The van der Waals surface area contributed by atoms with E-state index in [4.69, 9.17) is 0 Å². The maximum absolute atomic E-state index is 2.52. The molecule has 0 aromatic rings. The summed E-state index contributed by atoms with van der Waals surface area (Å²) in [5.41, 5.74) is 3.96. The van der Waals surface area contributed by atoms with Gasteiger partial charge in [0.1, 0.15) is 0 Å². The molecule has 0 aromatic heterocycles. The van der Waals surface area contributed by atoms with Gasteiger partial charge in [-0.15, -0.1) is 0 Å². The first kappa shape index (κ1) is 11.0. The second-order valence-electron chi connectivity index (χ2n) is 7.06. The Labute approximate surface area is 94.5 Å². The molecular weight excluding hydrogens is 180 g/mol. The van der Waals surface area contributed by atoms with Crippen LogP contribution in [0.15, 0.2) is 23.3 Å². The van der Waals surface area contributed by atoms with Gasteiger partial charge in [0.25, 0.3) is 0 Å². The molecule has 15 heavy (non-hydrogen) atoms. The van der Waals surface area contributed by atoms with Crippen LogP contribution in [-0.4, -0.2) is 0 Å². The number of hydrogen-bond donors (Lipinski definition) is 0. The van der Waals surface area contributed by atoms with E-state index in [2.05, 4.69) is 53.7 Å². The van der Waals surface area contributed by atoms with Crippen LogP contribution in [0.4, 0.5) is 0 Å². The van der Waals surface area contributed by atoms with E-state index in [0.29, 0.717) is 10.8 Å². The van der Waals surface area contributed by atoms with Crippen molar-refractivity contribution in [3.63, 3.8) is 0 Å². The molecule has 2 rings (SSSR count). The van der Waals surface area contributed by atoms with E-state index in [1.165, 1.54) is 6.42 Å². The molecule has 2 aliphatic carbocycles. The zero-order valence-electron chi connectivity index (χ0n) is 11.0. The van der Waals surface area contributed by atoms with Crippen molar-refractivity contribution in [2.45, 2.75) is 48.0 Å². The van der Waals surface area contributed by atoms with Crippen molar-refractivity contribution in [1.29, 1.82) is 0 Å². The summed E-state index contributed by atoms with van der Waals surface area (Å²) >= 11 is 0. The second kappa shape index (κ2) is 2.99. The number of hydrogen-bond acceptors (Lipinski definition) is 0. The van der Waals surface area contributed by atoms with E-state index in [0.717, 1.165) is 11.8 Å². The van der Waals surface area contributed by atoms with Gasteiger partial charge < -0.3 is 0 Å². The molecule has 0 heterocycles. The Hall–Kier alpha value is -0.520.